The van der Waals surface area contributed by atoms with Gasteiger partial charge in [-0.1, -0.05) is 6.07 Å². The first-order chi connectivity index (χ1) is 10.1. The average Bonchev–Trinajstić information content (AvgIpc) is 2.95. The van der Waals surface area contributed by atoms with E-state index in [4.69, 9.17) is 0 Å². The number of nitrogens with one attached hydrogen (secondary N) is 1. The summed E-state index contributed by atoms with van der Waals surface area (Å²) in [6.07, 6.45) is 2.18. The fraction of sp³-hybridized carbons (Fsp3) is 0.176. The summed E-state index contributed by atoms with van der Waals surface area (Å²) in [7, 11) is 3.97. The van der Waals surface area contributed by atoms with E-state index in [9.17, 15) is 4.79 Å². The van der Waals surface area contributed by atoms with Gasteiger partial charge in [-0.15, -0.1) is 0 Å². The molecule has 106 valence electrons. The molecule has 21 heavy (non-hydrogen) atoms. The third-order valence-electron chi connectivity index (χ3n) is 3.57. The van der Waals surface area contributed by atoms with Gasteiger partial charge in [0.05, 0.1) is 11.7 Å². The van der Waals surface area contributed by atoms with Crippen molar-refractivity contribution < 1.29 is 4.79 Å². The summed E-state index contributed by atoms with van der Waals surface area (Å²) in [5, 5.41) is 7.93. The van der Waals surface area contributed by atoms with E-state index in [-0.39, 0.29) is 5.78 Å². The molecule has 0 bridgehead atoms. The standard InChI is InChI=1S/C17H17N3O/c1-20(2)15-6-4-13(5-7-15)17(21)10-12-3-8-16-14(9-12)11-18-19-16/h3-9,11H,10H2,1-2H3,(H,18,19). The third-order valence-corrected chi connectivity index (χ3v) is 3.57. The molecule has 1 N–H and O–H groups in total. The van der Waals surface area contributed by atoms with Crippen molar-refractivity contribution in [3.63, 3.8) is 0 Å². The van der Waals surface area contributed by atoms with E-state index in [1.165, 1.54) is 0 Å². The van der Waals surface area contributed by atoms with Gasteiger partial charge in [0.25, 0.3) is 0 Å². The fourth-order valence-corrected chi connectivity index (χ4v) is 2.34. The van der Waals surface area contributed by atoms with Crippen molar-refractivity contribution in [2.45, 2.75) is 6.42 Å². The minimum absolute atomic E-state index is 0.128. The van der Waals surface area contributed by atoms with E-state index in [0.717, 1.165) is 27.7 Å². The Bertz CT molecular complexity index is 772. The van der Waals surface area contributed by atoms with Crippen LogP contribution in [0.25, 0.3) is 10.9 Å². The molecule has 0 amide bonds. The first-order valence-electron chi connectivity index (χ1n) is 6.86. The number of aromatic nitrogens is 2. The Hall–Kier alpha value is -2.62. The van der Waals surface area contributed by atoms with Crippen LogP contribution in [-0.2, 0) is 6.42 Å². The van der Waals surface area contributed by atoms with E-state index in [0.29, 0.717) is 6.42 Å². The minimum atomic E-state index is 0.128. The second kappa shape index (κ2) is 5.40. The molecule has 0 aliphatic rings. The minimum Gasteiger partial charge on any atom is -0.378 e. The van der Waals surface area contributed by atoms with E-state index >= 15 is 0 Å². The van der Waals surface area contributed by atoms with Crippen LogP contribution in [-0.4, -0.2) is 30.1 Å². The predicted molar refractivity (Wildman–Crippen MR) is 84.9 cm³/mol. The van der Waals surface area contributed by atoms with Crippen LogP contribution in [0.3, 0.4) is 0 Å². The highest BCUT2D eigenvalue weighted by atomic mass is 16.1. The van der Waals surface area contributed by atoms with Crippen molar-refractivity contribution in [2.75, 3.05) is 19.0 Å². The smallest absolute Gasteiger partial charge is 0.167 e. The lowest BCUT2D eigenvalue weighted by molar-refractivity contribution is 0.0993. The van der Waals surface area contributed by atoms with Crippen molar-refractivity contribution in [1.29, 1.82) is 0 Å². The van der Waals surface area contributed by atoms with Gasteiger partial charge in [0.15, 0.2) is 5.78 Å². The number of aromatic amines is 1. The Kier molecular flexibility index (Phi) is 3.44. The van der Waals surface area contributed by atoms with Crippen LogP contribution in [0, 0.1) is 0 Å². The topological polar surface area (TPSA) is 49.0 Å². The molecular formula is C17H17N3O. The second-order valence-corrected chi connectivity index (χ2v) is 5.33. The number of hydrogen-bond acceptors (Lipinski definition) is 3. The Morgan fingerprint density at radius 3 is 2.62 bits per heavy atom. The molecule has 0 aliphatic carbocycles. The van der Waals surface area contributed by atoms with Crippen molar-refractivity contribution in [3.8, 4) is 0 Å². The van der Waals surface area contributed by atoms with Gasteiger partial charge >= 0.3 is 0 Å². The molecule has 3 aromatic rings. The lowest BCUT2D eigenvalue weighted by Gasteiger charge is -2.12. The summed E-state index contributed by atoms with van der Waals surface area (Å²) in [4.78, 5) is 14.3. The quantitative estimate of drug-likeness (QED) is 0.747. The molecule has 0 spiro atoms. The van der Waals surface area contributed by atoms with E-state index in [1.54, 1.807) is 6.20 Å². The maximum Gasteiger partial charge on any atom is 0.167 e. The third kappa shape index (κ3) is 2.79. The summed E-state index contributed by atoms with van der Waals surface area (Å²) in [6.45, 7) is 0. The van der Waals surface area contributed by atoms with E-state index in [1.807, 2.05) is 61.5 Å². The van der Waals surface area contributed by atoms with Crippen molar-refractivity contribution in [2.24, 2.45) is 0 Å². The lowest BCUT2D eigenvalue weighted by Crippen LogP contribution is -2.09. The SMILES string of the molecule is CN(C)c1ccc(C(=O)Cc2ccc3[nH]ncc3c2)cc1. The predicted octanol–water partition coefficient (Wildman–Crippen LogP) is 3.05. The first-order valence-corrected chi connectivity index (χ1v) is 6.86. The summed E-state index contributed by atoms with van der Waals surface area (Å²) < 4.78 is 0. The average molecular weight is 279 g/mol. The molecule has 3 rings (SSSR count). The molecule has 0 unspecified atom stereocenters. The molecule has 1 heterocycles. The zero-order valence-corrected chi connectivity index (χ0v) is 12.1. The number of fused-ring (bicyclic) bond motifs is 1. The second-order valence-electron chi connectivity index (χ2n) is 5.33. The number of benzene rings is 2. The number of carbonyl (C=O) groups excluding carboxylic acids is 1. The van der Waals surface area contributed by atoms with Crippen molar-refractivity contribution in [1.82, 2.24) is 10.2 Å². The monoisotopic (exact) mass is 279 g/mol. The Balaban J connectivity index is 1.78. The number of Topliss-reactive ketones (excluding diaryl/α,β-unsaturated/α-hetero) is 1. The van der Waals surface area contributed by atoms with Crippen LogP contribution >= 0.6 is 0 Å². The summed E-state index contributed by atoms with van der Waals surface area (Å²) in [6, 6.07) is 13.6. The van der Waals surface area contributed by atoms with Gasteiger partial charge in [0.1, 0.15) is 0 Å². The Labute approximate surface area is 123 Å². The summed E-state index contributed by atoms with van der Waals surface area (Å²) in [5.74, 6) is 0.128. The lowest BCUT2D eigenvalue weighted by atomic mass is 10.0. The van der Waals surface area contributed by atoms with Crippen LogP contribution in [0.4, 0.5) is 5.69 Å². The van der Waals surface area contributed by atoms with Crippen LogP contribution in [0.1, 0.15) is 15.9 Å². The maximum absolute atomic E-state index is 12.3. The van der Waals surface area contributed by atoms with Crippen LogP contribution < -0.4 is 4.90 Å². The highest BCUT2D eigenvalue weighted by Crippen LogP contribution is 2.17. The summed E-state index contributed by atoms with van der Waals surface area (Å²) in [5.41, 5.74) is 3.83. The Morgan fingerprint density at radius 2 is 1.90 bits per heavy atom. The van der Waals surface area contributed by atoms with Gasteiger partial charge in [-0.2, -0.15) is 5.10 Å². The van der Waals surface area contributed by atoms with Crippen molar-refractivity contribution in [3.05, 3.63) is 59.8 Å². The molecule has 0 atom stereocenters. The molecular weight excluding hydrogens is 262 g/mol. The van der Waals surface area contributed by atoms with Gasteiger partial charge in [-0.25, -0.2) is 0 Å². The zero-order valence-electron chi connectivity index (χ0n) is 12.1. The number of ketones is 1. The number of nitrogens with zero attached hydrogens (tertiary/aromatic N) is 2. The molecule has 2 aromatic carbocycles. The highest BCUT2D eigenvalue weighted by Gasteiger charge is 2.08. The molecule has 4 heteroatoms. The van der Waals surface area contributed by atoms with Crippen LogP contribution in [0.2, 0.25) is 0 Å². The molecule has 0 aliphatic heterocycles. The molecule has 4 nitrogen and oxygen atoms in total. The Morgan fingerprint density at radius 1 is 1.14 bits per heavy atom. The number of hydrogen-bond donors (Lipinski definition) is 1. The number of rotatable bonds is 4. The molecule has 1 aromatic heterocycles. The van der Waals surface area contributed by atoms with Crippen molar-refractivity contribution >= 4 is 22.4 Å². The largest absolute Gasteiger partial charge is 0.378 e. The molecule has 0 saturated heterocycles. The van der Waals surface area contributed by atoms with Crippen LogP contribution in [0.5, 0.6) is 0 Å². The van der Waals surface area contributed by atoms with Gasteiger partial charge in [-0.3, -0.25) is 9.89 Å². The number of anilines is 1. The van der Waals surface area contributed by atoms with Gasteiger partial charge in [0.2, 0.25) is 0 Å². The van der Waals surface area contributed by atoms with Crippen LogP contribution in [0.15, 0.2) is 48.7 Å². The number of H-pyrrole nitrogens is 1. The normalized spacial score (nSPS) is 10.8. The highest BCUT2D eigenvalue weighted by molar-refractivity contribution is 5.98. The summed E-state index contributed by atoms with van der Waals surface area (Å²) >= 11 is 0. The van der Waals surface area contributed by atoms with Gasteiger partial charge in [-0.05, 0) is 42.0 Å². The number of carbonyl (C=O) groups is 1. The van der Waals surface area contributed by atoms with E-state index in [2.05, 4.69) is 10.2 Å². The fourth-order valence-electron chi connectivity index (χ4n) is 2.34. The molecule has 0 radical (unpaired) electrons. The molecule has 0 fully saturated rings. The molecule has 0 saturated carbocycles. The van der Waals surface area contributed by atoms with Gasteiger partial charge < -0.3 is 4.90 Å². The van der Waals surface area contributed by atoms with E-state index < -0.39 is 0 Å². The first kappa shape index (κ1) is 13.4. The van der Waals surface area contributed by atoms with Gasteiger partial charge in [0, 0.05) is 37.2 Å². The maximum atomic E-state index is 12.3. The zero-order chi connectivity index (χ0) is 14.8.